The van der Waals surface area contributed by atoms with Gasteiger partial charge >= 0.3 is 0 Å². The fourth-order valence-corrected chi connectivity index (χ4v) is 1.15. The Morgan fingerprint density at radius 2 is 2.19 bits per heavy atom. The number of anilines is 1. The SMILES string of the molecule is COCCNc1cc(OCCN)nc(C)n1. The third kappa shape index (κ3) is 4.41. The number of nitrogens with one attached hydrogen (secondary N) is 1. The maximum Gasteiger partial charge on any atom is 0.218 e. The van der Waals surface area contributed by atoms with Crippen molar-refractivity contribution in [3.8, 4) is 5.88 Å². The highest BCUT2D eigenvalue weighted by molar-refractivity contribution is 5.38. The minimum absolute atomic E-state index is 0.452. The second-order valence-electron chi connectivity index (χ2n) is 3.20. The van der Waals surface area contributed by atoms with Gasteiger partial charge in [0.05, 0.1) is 6.61 Å². The smallest absolute Gasteiger partial charge is 0.218 e. The highest BCUT2D eigenvalue weighted by Gasteiger charge is 2.01. The van der Waals surface area contributed by atoms with Crippen molar-refractivity contribution in [1.82, 2.24) is 9.97 Å². The second kappa shape index (κ2) is 6.97. The van der Waals surface area contributed by atoms with Gasteiger partial charge in [-0.2, -0.15) is 4.98 Å². The van der Waals surface area contributed by atoms with Gasteiger partial charge in [0.1, 0.15) is 18.2 Å². The van der Waals surface area contributed by atoms with Gasteiger partial charge in [0.15, 0.2) is 0 Å². The van der Waals surface area contributed by atoms with Crippen LogP contribution in [0.25, 0.3) is 0 Å². The van der Waals surface area contributed by atoms with Gasteiger partial charge in [-0.3, -0.25) is 0 Å². The van der Waals surface area contributed by atoms with E-state index in [1.165, 1.54) is 0 Å². The summed E-state index contributed by atoms with van der Waals surface area (Å²) in [5.74, 6) is 1.93. The van der Waals surface area contributed by atoms with Gasteiger partial charge < -0.3 is 20.5 Å². The minimum atomic E-state index is 0.452. The van der Waals surface area contributed by atoms with Crippen molar-refractivity contribution >= 4 is 5.82 Å². The Kier molecular flexibility index (Phi) is 5.52. The first-order valence-electron chi connectivity index (χ1n) is 5.17. The lowest BCUT2D eigenvalue weighted by Crippen LogP contribution is -2.13. The molecule has 0 aliphatic rings. The Bertz CT molecular complexity index is 320. The molecule has 90 valence electrons. The lowest BCUT2D eigenvalue weighted by atomic mass is 10.5. The lowest BCUT2D eigenvalue weighted by molar-refractivity contribution is 0.210. The van der Waals surface area contributed by atoms with Crippen LogP contribution < -0.4 is 15.8 Å². The van der Waals surface area contributed by atoms with E-state index in [0.717, 1.165) is 5.82 Å². The molecule has 6 nitrogen and oxygen atoms in total. The molecule has 0 saturated heterocycles. The summed E-state index contributed by atoms with van der Waals surface area (Å²) in [6.45, 7) is 4.06. The Morgan fingerprint density at radius 3 is 2.88 bits per heavy atom. The van der Waals surface area contributed by atoms with E-state index in [9.17, 15) is 0 Å². The van der Waals surface area contributed by atoms with Crippen molar-refractivity contribution in [2.24, 2.45) is 5.73 Å². The van der Waals surface area contributed by atoms with E-state index in [0.29, 0.717) is 38.0 Å². The summed E-state index contributed by atoms with van der Waals surface area (Å²) >= 11 is 0. The molecule has 0 aliphatic heterocycles. The molecule has 0 atom stereocenters. The van der Waals surface area contributed by atoms with E-state index < -0.39 is 0 Å². The highest BCUT2D eigenvalue weighted by atomic mass is 16.5. The maximum absolute atomic E-state index is 5.35. The van der Waals surface area contributed by atoms with Crippen molar-refractivity contribution in [2.45, 2.75) is 6.92 Å². The van der Waals surface area contributed by atoms with Crippen molar-refractivity contribution < 1.29 is 9.47 Å². The standard InChI is InChI=1S/C10H18N4O2/c1-8-13-9(12-4-6-15-2)7-10(14-8)16-5-3-11/h7H,3-6,11H2,1-2H3,(H,12,13,14). The zero-order valence-electron chi connectivity index (χ0n) is 9.69. The quantitative estimate of drug-likeness (QED) is 0.645. The van der Waals surface area contributed by atoms with E-state index in [2.05, 4.69) is 15.3 Å². The molecular formula is C10H18N4O2. The molecule has 1 aromatic heterocycles. The Morgan fingerprint density at radius 1 is 1.38 bits per heavy atom. The molecule has 6 heteroatoms. The Labute approximate surface area is 95.2 Å². The number of hydrogen-bond acceptors (Lipinski definition) is 6. The number of aromatic nitrogens is 2. The molecule has 0 unspecified atom stereocenters. The third-order valence-electron chi connectivity index (χ3n) is 1.79. The van der Waals surface area contributed by atoms with Crippen molar-refractivity contribution in [2.75, 3.05) is 38.7 Å². The molecule has 0 radical (unpaired) electrons. The van der Waals surface area contributed by atoms with Crippen LogP contribution in [0.5, 0.6) is 5.88 Å². The van der Waals surface area contributed by atoms with Gasteiger partial charge in [-0.25, -0.2) is 4.98 Å². The van der Waals surface area contributed by atoms with Crippen molar-refractivity contribution in [1.29, 1.82) is 0 Å². The molecule has 0 amide bonds. The van der Waals surface area contributed by atoms with Gasteiger partial charge in [0, 0.05) is 26.3 Å². The number of nitrogens with two attached hydrogens (primary N) is 1. The largest absolute Gasteiger partial charge is 0.476 e. The maximum atomic E-state index is 5.35. The van der Waals surface area contributed by atoms with E-state index in [1.807, 2.05) is 6.92 Å². The van der Waals surface area contributed by atoms with Crippen molar-refractivity contribution in [3.05, 3.63) is 11.9 Å². The van der Waals surface area contributed by atoms with Gasteiger partial charge in [-0.05, 0) is 6.92 Å². The fourth-order valence-electron chi connectivity index (χ4n) is 1.15. The number of methoxy groups -OCH3 is 1. The summed E-state index contributed by atoms with van der Waals surface area (Å²) in [5, 5.41) is 3.12. The van der Waals surface area contributed by atoms with Crippen LogP contribution >= 0.6 is 0 Å². The highest BCUT2D eigenvalue weighted by Crippen LogP contribution is 2.12. The average molecular weight is 226 g/mol. The molecule has 0 spiro atoms. The summed E-state index contributed by atoms with van der Waals surface area (Å²) in [6, 6.07) is 1.75. The van der Waals surface area contributed by atoms with E-state index >= 15 is 0 Å². The van der Waals surface area contributed by atoms with Gasteiger partial charge in [0.2, 0.25) is 5.88 Å². The van der Waals surface area contributed by atoms with E-state index in [4.69, 9.17) is 15.2 Å². The van der Waals surface area contributed by atoms with Crippen LogP contribution in [0.15, 0.2) is 6.07 Å². The summed E-state index contributed by atoms with van der Waals surface area (Å²) in [5.41, 5.74) is 5.35. The number of rotatable bonds is 7. The first kappa shape index (κ1) is 12.7. The van der Waals surface area contributed by atoms with Gasteiger partial charge in [-0.15, -0.1) is 0 Å². The number of aryl methyl sites for hydroxylation is 1. The lowest BCUT2D eigenvalue weighted by Gasteiger charge is -2.08. The van der Waals surface area contributed by atoms with E-state index in [1.54, 1.807) is 13.2 Å². The monoisotopic (exact) mass is 226 g/mol. The molecule has 1 aromatic rings. The molecule has 0 aliphatic carbocycles. The molecule has 1 rings (SSSR count). The summed E-state index contributed by atoms with van der Waals surface area (Å²) < 4.78 is 10.3. The topological polar surface area (TPSA) is 82.3 Å². The Hall–Kier alpha value is -1.40. The zero-order chi connectivity index (χ0) is 11.8. The first-order chi connectivity index (χ1) is 7.76. The fraction of sp³-hybridized carbons (Fsp3) is 0.600. The summed E-state index contributed by atoms with van der Waals surface area (Å²) in [4.78, 5) is 8.36. The van der Waals surface area contributed by atoms with E-state index in [-0.39, 0.29) is 0 Å². The molecule has 16 heavy (non-hydrogen) atoms. The molecule has 3 N–H and O–H groups in total. The molecule has 0 fully saturated rings. The van der Waals surface area contributed by atoms with Crippen LogP contribution in [0.1, 0.15) is 5.82 Å². The van der Waals surface area contributed by atoms with Crippen LogP contribution in [0.3, 0.4) is 0 Å². The number of nitrogens with zero attached hydrogens (tertiary/aromatic N) is 2. The minimum Gasteiger partial charge on any atom is -0.476 e. The first-order valence-corrected chi connectivity index (χ1v) is 5.17. The average Bonchev–Trinajstić information content (AvgIpc) is 2.26. The summed E-state index contributed by atoms with van der Waals surface area (Å²) in [7, 11) is 1.66. The zero-order valence-corrected chi connectivity index (χ0v) is 9.69. The van der Waals surface area contributed by atoms with Gasteiger partial charge in [-0.1, -0.05) is 0 Å². The van der Waals surface area contributed by atoms with Crippen molar-refractivity contribution in [3.63, 3.8) is 0 Å². The number of hydrogen-bond donors (Lipinski definition) is 2. The van der Waals surface area contributed by atoms with Crippen LogP contribution in [0, 0.1) is 6.92 Å². The normalized spacial score (nSPS) is 10.2. The third-order valence-corrected chi connectivity index (χ3v) is 1.79. The summed E-state index contributed by atoms with van der Waals surface area (Å²) in [6.07, 6.45) is 0. The van der Waals surface area contributed by atoms with Crippen LogP contribution in [0.4, 0.5) is 5.82 Å². The Balaban J connectivity index is 2.58. The second-order valence-corrected chi connectivity index (χ2v) is 3.20. The molecule has 1 heterocycles. The van der Waals surface area contributed by atoms with Gasteiger partial charge in [0.25, 0.3) is 0 Å². The van der Waals surface area contributed by atoms with Crippen LogP contribution in [-0.4, -0.2) is 43.4 Å². The van der Waals surface area contributed by atoms with Crippen LogP contribution in [-0.2, 0) is 4.74 Å². The molecule has 0 bridgehead atoms. The van der Waals surface area contributed by atoms with Crippen LogP contribution in [0.2, 0.25) is 0 Å². The number of ether oxygens (including phenoxy) is 2. The predicted molar refractivity (Wildman–Crippen MR) is 61.7 cm³/mol. The molecule has 0 saturated carbocycles. The molecular weight excluding hydrogens is 208 g/mol. The molecule has 0 aromatic carbocycles. The predicted octanol–water partition coefficient (Wildman–Crippen LogP) is 0.181.